The van der Waals surface area contributed by atoms with Crippen LogP contribution in [0.3, 0.4) is 0 Å². The molecule has 2 aromatic rings. The summed E-state index contributed by atoms with van der Waals surface area (Å²) in [5, 5.41) is 3.02. The number of anilines is 1. The van der Waals surface area contributed by atoms with Crippen LogP contribution in [0.4, 0.5) is 5.69 Å². The third kappa shape index (κ3) is 3.13. The summed E-state index contributed by atoms with van der Waals surface area (Å²) >= 11 is 1.60. The molecule has 1 heterocycles. The number of hydrogen-bond donors (Lipinski definition) is 0. The molecule has 0 spiro atoms. The number of rotatable bonds is 4. The molecule has 0 amide bonds. The van der Waals surface area contributed by atoms with Crippen molar-refractivity contribution in [2.24, 2.45) is 0 Å². The van der Waals surface area contributed by atoms with Crippen LogP contribution in [0.25, 0.3) is 11.3 Å². The average Bonchev–Trinajstić information content (AvgIpc) is 2.76. The minimum atomic E-state index is -3.22. The van der Waals surface area contributed by atoms with Gasteiger partial charge in [-0.15, -0.1) is 11.3 Å². The van der Waals surface area contributed by atoms with E-state index in [0.717, 1.165) is 16.3 Å². The quantitative estimate of drug-likeness (QED) is 0.871. The molecule has 0 bridgehead atoms. The summed E-state index contributed by atoms with van der Waals surface area (Å²) in [6, 6.07) is 7.43. The van der Waals surface area contributed by atoms with E-state index in [1.54, 1.807) is 11.3 Å². The number of aromatic nitrogens is 1. The van der Waals surface area contributed by atoms with Crippen LogP contribution in [0.5, 0.6) is 0 Å². The largest absolute Gasteiger partial charge is 0.271 e. The van der Waals surface area contributed by atoms with Crippen molar-refractivity contribution in [3.8, 4) is 11.3 Å². The lowest BCUT2D eigenvalue weighted by Crippen LogP contribution is -2.29. The van der Waals surface area contributed by atoms with E-state index in [1.165, 1.54) is 10.6 Å². The zero-order valence-corrected chi connectivity index (χ0v) is 12.8. The highest BCUT2D eigenvalue weighted by atomic mass is 32.2. The van der Waals surface area contributed by atoms with Crippen LogP contribution in [0.2, 0.25) is 0 Å². The fourth-order valence-electron chi connectivity index (χ4n) is 1.90. The molecular formula is C13H16N2O2S2. The van der Waals surface area contributed by atoms with E-state index in [4.69, 9.17) is 0 Å². The molecule has 0 aliphatic carbocycles. The Morgan fingerprint density at radius 1 is 1.26 bits per heavy atom. The molecule has 102 valence electrons. The maximum absolute atomic E-state index is 11.6. The summed E-state index contributed by atoms with van der Waals surface area (Å²) < 4.78 is 24.7. The monoisotopic (exact) mass is 296 g/mol. The Morgan fingerprint density at radius 3 is 2.32 bits per heavy atom. The summed E-state index contributed by atoms with van der Waals surface area (Å²) in [6.07, 6.45) is 1.22. The van der Waals surface area contributed by atoms with Gasteiger partial charge in [-0.05, 0) is 26.0 Å². The van der Waals surface area contributed by atoms with E-state index in [0.29, 0.717) is 12.2 Å². The lowest BCUT2D eigenvalue weighted by atomic mass is 10.1. The van der Waals surface area contributed by atoms with E-state index >= 15 is 0 Å². The Balaban J connectivity index is 2.33. The molecule has 0 N–H and O–H groups in total. The van der Waals surface area contributed by atoms with Crippen molar-refractivity contribution in [2.45, 2.75) is 13.8 Å². The van der Waals surface area contributed by atoms with Crippen LogP contribution in [0, 0.1) is 6.92 Å². The van der Waals surface area contributed by atoms with E-state index < -0.39 is 10.0 Å². The Morgan fingerprint density at radius 2 is 1.89 bits per heavy atom. The molecule has 2 rings (SSSR count). The van der Waals surface area contributed by atoms with Gasteiger partial charge in [-0.3, -0.25) is 4.31 Å². The van der Waals surface area contributed by atoms with Crippen LogP contribution in [0.1, 0.15) is 11.9 Å². The van der Waals surface area contributed by atoms with Gasteiger partial charge in [-0.1, -0.05) is 12.1 Å². The predicted octanol–water partition coefficient (Wildman–Crippen LogP) is 2.90. The van der Waals surface area contributed by atoms with Gasteiger partial charge in [-0.2, -0.15) is 0 Å². The maximum atomic E-state index is 11.6. The van der Waals surface area contributed by atoms with E-state index in [9.17, 15) is 8.42 Å². The summed E-state index contributed by atoms with van der Waals surface area (Å²) in [6.45, 7) is 4.21. The van der Waals surface area contributed by atoms with Crippen LogP contribution in [-0.4, -0.2) is 26.2 Å². The fourth-order valence-corrected chi connectivity index (χ4v) is 3.50. The number of hydrogen-bond acceptors (Lipinski definition) is 4. The molecule has 0 radical (unpaired) electrons. The minimum absolute atomic E-state index is 0.425. The van der Waals surface area contributed by atoms with Crippen LogP contribution in [0.15, 0.2) is 29.6 Å². The summed E-state index contributed by atoms with van der Waals surface area (Å²) in [5.41, 5.74) is 2.61. The van der Waals surface area contributed by atoms with E-state index in [2.05, 4.69) is 4.98 Å². The van der Waals surface area contributed by atoms with Gasteiger partial charge in [0.15, 0.2) is 0 Å². The molecule has 1 aromatic heterocycles. The molecule has 0 saturated heterocycles. The van der Waals surface area contributed by atoms with Gasteiger partial charge in [0.2, 0.25) is 10.0 Å². The van der Waals surface area contributed by atoms with Crippen molar-refractivity contribution in [1.82, 2.24) is 4.98 Å². The first-order valence-electron chi connectivity index (χ1n) is 5.92. The van der Waals surface area contributed by atoms with Crippen LogP contribution >= 0.6 is 11.3 Å². The van der Waals surface area contributed by atoms with Gasteiger partial charge in [-0.25, -0.2) is 13.4 Å². The smallest absolute Gasteiger partial charge is 0.232 e. The molecule has 0 unspecified atom stereocenters. The third-order valence-corrected chi connectivity index (χ3v) is 4.80. The Hall–Kier alpha value is -1.40. The molecule has 0 fully saturated rings. The normalized spacial score (nSPS) is 11.5. The van der Waals surface area contributed by atoms with Gasteiger partial charge >= 0.3 is 0 Å². The van der Waals surface area contributed by atoms with Crippen LogP contribution in [-0.2, 0) is 10.0 Å². The third-order valence-electron chi connectivity index (χ3n) is 2.76. The highest BCUT2D eigenvalue weighted by molar-refractivity contribution is 7.92. The zero-order chi connectivity index (χ0) is 14.0. The second kappa shape index (κ2) is 5.30. The standard InChI is InChI=1S/C13H16N2O2S2/c1-4-15(19(3,16)17)12-7-5-11(6-8-12)13-9-18-10(2)14-13/h5-9H,4H2,1-3H3. The number of benzene rings is 1. The summed E-state index contributed by atoms with van der Waals surface area (Å²) in [7, 11) is -3.22. The van der Waals surface area contributed by atoms with Gasteiger partial charge in [0.05, 0.1) is 22.6 Å². The van der Waals surface area contributed by atoms with E-state index in [1.807, 2.05) is 43.5 Å². The Bertz CT molecular complexity index is 660. The first kappa shape index (κ1) is 14.0. The molecule has 1 aromatic carbocycles. The van der Waals surface area contributed by atoms with Gasteiger partial charge < -0.3 is 0 Å². The Labute approximate surface area is 117 Å². The van der Waals surface area contributed by atoms with Crippen molar-refractivity contribution in [2.75, 3.05) is 17.1 Å². The molecule has 19 heavy (non-hydrogen) atoms. The first-order valence-corrected chi connectivity index (χ1v) is 8.65. The summed E-state index contributed by atoms with van der Waals surface area (Å²) in [4.78, 5) is 4.41. The molecule has 0 aliphatic rings. The minimum Gasteiger partial charge on any atom is -0.271 e. The second-order valence-corrected chi connectivity index (χ2v) is 7.20. The zero-order valence-electron chi connectivity index (χ0n) is 11.1. The molecule has 0 saturated carbocycles. The predicted molar refractivity (Wildman–Crippen MR) is 80.2 cm³/mol. The number of nitrogens with zero attached hydrogens (tertiary/aromatic N) is 2. The lowest BCUT2D eigenvalue weighted by Gasteiger charge is -2.20. The number of thiazole rings is 1. The van der Waals surface area contributed by atoms with Crippen LogP contribution < -0.4 is 4.31 Å². The molecule has 6 heteroatoms. The fraction of sp³-hybridized carbons (Fsp3) is 0.308. The summed E-state index contributed by atoms with van der Waals surface area (Å²) in [5.74, 6) is 0. The Kier molecular flexibility index (Phi) is 3.91. The SMILES string of the molecule is CCN(c1ccc(-c2csc(C)n2)cc1)S(C)(=O)=O. The number of sulfonamides is 1. The van der Waals surface area contributed by atoms with E-state index in [-0.39, 0.29) is 0 Å². The van der Waals surface area contributed by atoms with Crippen molar-refractivity contribution in [3.63, 3.8) is 0 Å². The van der Waals surface area contributed by atoms with Crippen molar-refractivity contribution in [3.05, 3.63) is 34.7 Å². The highest BCUT2D eigenvalue weighted by Gasteiger charge is 2.15. The van der Waals surface area contributed by atoms with Crippen molar-refractivity contribution >= 4 is 27.0 Å². The average molecular weight is 296 g/mol. The van der Waals surface area contributed by atoms with Crippen molar-refractivity contribution < 1.29 is 8.42 Å². The molecule has 0 atom stereocenters. The molecule has 0 aliphatic heterocycles. The van der Waals surface area contributed by atoms with Gasteiger partial charge in [0, 0.05) is 17.5 Å². The highest BCUT2D eigenvalue weighted by Crippen LogP contribution is 2.25. The topological polar surface area (TPSA) is 50.3 Å². The maximum Gasteiger partial charge on any atom is 0.232 e. The number of aryl methyl sites for hydroxylation is 1. The van der Waals surface area contributed by atoms with Crippen molar-refractivity contribution in [1.29, 1.82) is 0 Å². The van der Waals surface area contributed by atoms with Gasteiger partial charge in [0.1, 0.15) is 0 Å². The molecule has 4 nitrogen and oxygen atoms in total. The lowest BCUT2D eigenvalue weighted by molar-refractivity contribution is 0.598. The van der Waals surface area contributed by atoms with Gasteiger partial charge in [0.25, 0.3) is 0 Å². The molecular weight excluding hydrogens is 280 g/mol. The first-order chi connectivity index (χ1) is 8.91. The second-order valence-electron chi connectivity index (χ2n) is 4.23.